The molecule has 0 aliphatic heterocycles. The number of aromatic nitrogens is 6. The van der Waals surface area contributed by atoms with Gasteiger partial charge in [0.1, 0.15) is 27.8 Å². The largest absolute Gasteiger partial charge is 0.430 e. The van der Waals surface area contributed by atoms with E-state index in [1.165, 1.54) is 22.4 Å². The van der Waals surface area contributed by atoms with E-state index in [0.717, 1.165) is 0 Å². The van der Waals surface area contributed by atoms with Crippen LogP contribution in [0.1, 0.15) is 23.1 Å². The van der Waals surface area contributed by atoms with E-state index in [1.807, 2.05) is 12.1 Å². The highest BCUT2D eigenvalue weighted by molar-refractivity contribution is 6.00. The lowest BCUT2D eigenvalue weighted by Gasteiger charge is -2.06. The molecular formula is C29H19N7O6. The molecule has 4 N–H and O–H groups in total. The van der Waals surface area contributed by atoms with Crippen molar-refractivity contribution in [2.75, 3.05) is 0 Å². The number of carbonyl (C=O) groups excluding carboxylic acids is 2. The normalized spacial score (nSPS) is 12.1. The third kappa shape index (κ3) is 3.64. The van der Waals surface area contributed by atoms with Crippen LogP contribution in [-0.4, -0.2) is 41.6 Å². The molecule has 0 saturated heterocycles. The molecule has 0 aliphatic rings. The van der Waals surface area contributed by atoms with Gasteiger partial charge < -0.3 is 24.5 Å². The van der Waals surface area contributed by atoms with Crippen molar-refractivity contribution in [3.63, 3.8) is 0 Å². The van der Waals surface area contributed by atoms with Crippen LogP contribution >= 0.6 is 0 Å². The van der Waals surface area contributed by atoms with E-state index in [2.05, 4.69) is 20.2 Å². The van der Waals surface area contributed by atoms with Crippen molar-refractivity contribution >= 4 is 62.8 Å². The topological polar surface area (TPSA) is 188 Å². The van der Waals surface area contributed by atoms with Gasteiger partial charge in [-0.3, -0.25) is 19.2 Å². The molecule has 0 aliphatic carbocycles. The molecule has 0 saturated carbocycles. The van der Waals surface area contributed by atoms with Gasteiger partial charge in [-0.05, 0) is 30.3 Å². The van der Waals surface area contributed by atoms with Crippen molar-refractivity contribution in [2.45, 2.75) is 6.92 Å². The lowest BCUT2D eigenvalue weighted by Crippen LogP contribution is -2.16. The molecule has 42 heavy (non-hydrogen) atoms. The zero-order chi connectivity index (χ0) is 29.1. The molecule has 0 atom stereocenters. The summed E-state index contributed by atoms with van der Waals surface area (Å²) >= 11 is 0. The maximum absolute atomic E-state index is 13.8. The van der Waals surface area contributed by atoms with Crippen LogP contribution in [0.2, 0.25) is 0 Å². The highest BCUT2D eigenvalue weighted by Gasteiger charge is 2.24. The Morgan fingerprint density at radius 1 is 0.762 bits per heavy atom. The molecular weight excluding hydrogens is 542 g/mol. The lowest BCUT2D eigenvalue weighted by atomic mass is 10.2. The van der Waals surface area contributed by atoms with Gasteiger partial charge >= 0.3 is 0 Å². The number of para-hydroxylation sites is 2. The van der Waals surface area contributed by atoms with Gasteiger partial charge in [0.15, 0.2) is 17.8 Å². The Morgan fingerprint density at radius 2 is 1.21 bits per heavy atom. The maximum Gasteiger partial charge on any atom is 0.250 e. The minimum absolute atomic E-state index is 0.0213. The molecule has 3 aromatic carbocycles. The minimum atomic E-state index is -0.700. The van der Waals surface area contributed by atoms with Crippen molar-refractivity contribution in [2.24, 2.45) is 5.73 Å². The Balaban J connectivity index is 1.60. The summed E-state index contributed by atoms with van der Waals surface area (Å²) in [6.45, 7) is 1.31. The molecule has 0 unspecified atom stereocenters. The quantitative estimate of drug-likeness (QED) is 0.160. The molecule has 7 rings (SSSR count). The summed E-state index contributed by atoms with van der Waals surface area (Å²) in [4.78, 5) is 57.2. The number of fused-ring (bicyclic) bond motifs is 4. The molecule has 13 nitrogen and oxygen atoms in total. The number of aromatic amines is 2. The van der Waals surface area contributed by atoms with Crippen LogP contribution in [-0.2, 0) is 4.79 Å². The summed E-state index contributed by atoms with van der Waals surface area (Å²) in [6, 6.07) is 17.8. The van der Waals surface area contributed by atoms with E-state index in [1.54, 1.807) is 48.5 Å². The number of allylic oxidation sites excluding steroid dienone is 1. The minimum Gasteiger partial charge on any atom is -0.430 e. The van der Waals surface area contributed by atoms with Crippen molar-refractivity contribution in [3.8, 4) is 11.4 Å². The number of benzene rings is 3. The number of nitrogens with one attached hydrogen (secondary N) is 2. The second-order valence-electron chi connectivity index (χ2n) is 9.42. The molecule has 13 heteroatoms. The second kappa shape index (κ2) is 9.16. The fourth-order valence-electron chi connectivity index (χ4n) is 4.71. The maximum atomic E-state index is 13.8. The van der Waals surface area contributed by atoms with E-state index in [-0.39, 0.29) is 67.5 Å². The molecule has 0 spiro atoms. The molecule has 4 heterocycles. The molecule has 0 radical (unpaired) electrons. The van der Waals surface area contributed by atoms with Crippen LogP contribution in [0.25, 0.3) is 62.1 Å². The summed E-state index contributed by atoms with van der Waals surface area (Å²) in [5, 5.41) is 8.83. The summed E-state index contributed by atoms with van der Waals surface area (Å²) in [6.07, 6.45) is 1.87. The number of carbonyl (C=O) groups is 2. The predicted octanol–water partition coefficient (Wildman–Crippen LogP) is 3.50. The fourth-order valence-corrected chi connectivity index (χ4v) is 4.71. The molecule has 206 valence electrons. The van der Waals surface area contributed by atoms with Crippen LogP contribution < -0.4 is 16.6 Å². The van der Waals surface area contributed by atoms with Gasteiger partial charge in [0.05, 0.1) is 17.1 Å². The van der Waals surface area contributed by atoms with Crippen LogP contribution in [0.15, 0.2) is 84.8 Å². The molecule has 0 fully saturated rings. The van der Waals surface area contributed by atoms with E-state index in [4.69, 9.17) is 14.6 Å². The third-order valence-corrected chi connectivity index (χ3v) is 6.77. The number of aldehydes is 1. The summed E-state index contributed by atoms with van der Waals surface area (Å²) in [5.41, 5.74) is 5.26. The Bertz CT molecular complexity index is 2400. The lowest BCUT2D eigenvalue weighted by molar-refractivity contribution is -0.113. The van der Waals surface area contributed by atoms with Crippen molar-refractivity contribution in [3.05, 3.63) is 98.2 Å². The fraction of sp³-hybridized carbons (Fsp3) is 0.0345. The first-order chi connectivity index (χ1) is 20.4. The number of H-pyrrole nitrogens is 2. The van der Waals surface area contributed by atoms with E-state index in [0.29, 0.717) is 17.7 Å². The van der Waals surface area contributed by atoms with Crippen molar-refractivity contribution in [1.82, 2.24) is 29.5 Å². The third-order valence-electron chi connectivity index (χ3n) is 6.77. The van der Waals surface area contributed by atoms with Gasteiger partial charge in [-0.15, -0.1) is 0 Å². The summed E-state index contributed by atoms with van der Waals surface area (Å²) in [7, 11) is 0. The highest BCUT2D eigenvalue weighted by Crippen LogP contribution is 2.27. The van der Waals surface area contributed by atoms with Gasteiger partial charge in [0.2, 0.25) is 22.6 Å². The first-order valence-electron chi connectivity index (χ1n) is 12.6. The number of hydrogen-bond donors (Lipinski definition) is 3. The van der Waals surface area contributed by atoms with E-state index >= 15 is 0 Å². The van der Waals surface area contributed by atoms with E-state index in [9.17, 15) is 19.2 Å². The summed E-state index contributed by atoms with van der Waals surface area (Å²) < 4.78 is 14.8. The summed E-state index contributed by atoms with van der Waals surface area (Å²) in [5.74, 6) is -0.379. The van der Waals surface area contributed by atoms with Crippen LogP contribution in [0.3, 0.4) is 0 Å². The molecule has 4 aromatic heterocycles. The van der Waals surface area contributed by atoms with Crippen LogP contribution in [0.5, 0.6) is 0 Å². The van der Waals surface area contributed by atoms with Gasteiger partial charge in [0, 0.05) is 6.92 Å². The zero-order valence-electron chi connectivity index (χ0n) is 21.7. The zero-order valence-corrected chi connectivity index (χ0v) is 21.7. The van der Waals surface area contributed by atoms with Gasteiger partial charge in [-0.1, -0.05) is 36.4 Å². The Morgan fingerprint density at radius 3 is 1.67 bits per heavy atom. The average molecular weight is 562 g/mol. The monoisotopic (exact) mass is 561 g/mol. The van der Waals surface area contributed by atoms with Crippen LogP contribution in [0.4, 0.5) is 0 Å². The standard InChI is InChI=1S/C29H19N7O6/c1-14(38)17(30)12-18-20-28(35(33-18)15-8-4-2-5-9-15)41-26-22(31-20)24(39)27-23(25(26)40)32-21-19(13-37)34-36(29(21)42-27)16-10-6-3-7-11-16/h2-13,31-32H,30H2,1H3/b17-12-. The average Bonchev–Trinajstić information content (AvgIpc) is 3.56. The number of nitrogens with two attached hydrogens (primary N) is 1. The first-order valence-corrected chi connectivity index (χ1v) is 12.6. The number of nitrogens with zero attached hydrogens (tertiary/aromatic N) is 4. The van der Waals surface area contributed by atoms with Gasteiger partial charge in [-0.2, -0.15) is 19.6 Å². The number of Topliss-reactive ketones (excluding diaryl/α,β-unsaturated/α-hetero) is 1. The Labute approximate surface area is 233 Å². The molecule has 0 amide bonds. The number of hydrogen-bond acceptors (Lipinski definition) is 9. The number of rotatable bonds is 5. The Hall–Kier alpha value is -6.24. The van der Waals surface area contributed by atoms with E-state index < -0.39 is 10.9 Å². The van der Waals surface area contributed by atoms with Gasteiger partial charge in [-0.25, -0.2) is 0 Å². The smallest absolute Gasteiger partial charge is 0.250 e. The van der Waals surface area contributed by atoms with Crippen molar-refractivity contribution in [1.29, 1.82) is 0 Å². The predicted molar refractivity (Wildman–Crippen MR) is 154 cm³/mol. The highest BCUT2D eigenvalue weighted by atomic mass is 16.4. The number of ketones is 1. The van der Waals surface area contributed by atoms with Crippen molar-refractivity contribution < 1.29 is 18.4 Å². The molecule has 7 aromatic rings. The van der Waals surface area contributed by atoms with Crippen LogP contribution in [0, 0.1) is 0 Å². The Kier molecular flexibility index (Phi) is 5.40. The second-order valence-corrected chi connectivity index (χ2v) is 9.42. The SMILES string of the molecule is CC(=O)/C(N)=C/c1nn(-c2ccccc2)c2oc3c(=O)c4[nH]c5c(C=O)nn(-c6ccccc6)c5oc4c(=O)c3[nH]c12. The van der Waals surface area contributed by atoms with Gasteiger partial charge in [0.25, 0.3) is 10.9 Å². The molecule has 0 bridgehead atoms. The first kappa shape index (κ1) is 24.8.